The van der Waals surface area contributed by atoms with Gasteiger partial charge in [0, 0.05) is 88.1 Å². The summed E-state index contributed by atoms with van der Waals surface area (Å²) in [6, 6.07) is 87.4. The second-order valence-electron chi connectivity index (χ2n) is 19.2. The van der Waals surface area contributed by atoms with Gasteiger partial charge in [0.2, 0.25) is 0 Å². The molecule has 0 amide bonds. The third-order valence-corrected chi connectivity index (χ3v) is 15.2. The molecule has 0 unspecified atom stereocenters. The van der Waals surface area contributed by atoms with Gasteiger partial charge in [0.25, 0.3) is 0 Å². The Hall–Kier alpha value is -10.0. The van der Waals surface area contributed by atoms with Crippen molar-refractivity contribution >= 4 is 98.8 Å². The van der Waals surface area contributed by atoms with E-state index in [-0.39, 0.29) is 11.6 Å². The first-order valence-electron chi connectivity index (χ1n) is 25.0. The summed E-state index contributed by atoms with van der Waals surface area (Å²) in [6.45, 7) is 0. The van der Waals surface area contributed by atoms with Gasteiger partial charge in [-0.1, -0.05) is 127 Å². The minimum absolute atomic E-state index is 0.146. The van der Waals surface area contributed by atoms with Crippen LogP contribution in [0.2, 0.25) is 0 Å². The van der Waals surface area contributed by atoms with Crippen LogP contribution in [0.15, 0.2) is 255 Å². The van der Waals surface area contributed by atoms with Crippen LogP contribution < -0.4 is 0 Å². The molecule has 15 rings (SSSR count). The van der Waals surface area contributed by atoms with Crippen molar-refractivity contribution in [2.75, 3.05) is 0 Å². The highest BCUT2D eigenvalue weighted by molar-refractivity contribution is 6.16. The molecule has 0 radical (unpaired) electrons. The molecule has 74 heavy (non-hydrogen) atoms. The van der Waals surface area contributed by atoms with E-state index in [9.17, 15) is 9.59 Å². The lowest BCUT2D eigenvalue weighted by Crippen LogP contribution is -2.06. The summed E-state index contributed by atoms with van der Waals surface area (Å²) in [4.78, 5) is 28.4. The number of hydrogen-bond donors (Lipinski definition) is 0. The molecule has 6 heteroatoms. The maximum absolute atomic E-state index is 14.2. The van der Waals surface area contributed by atoms with E-state index >= 15 is 0 Å². The molecule has 6 nitrogen and oxygen atoms in total. The summed E-state index contributed by atoms with van der Waals surface area (Å²) in [5, 5.41) is 9.51. The quantitative estimate of drug-likeness (QED) is 0.143. The molecule has 4 aromatic heterocycles. The molecular formula is C68H42N4O2. The number of hydrogen-bond acceptors (Lipinski definition) is 2. The standard InChI is InChI=1S/C68H42N4O2/c73-67(43-28-32-47(33-29-43)69-63-26-11-5-20-55(63)57-41-49(36-38-65(57)69)71-59-22-7-1-16-51(59)52-17-2-8-23-60(52)71)45-14-13-15-46(40-45)68(74)44-30-34-48(35-31-44)70-64-27-12-6-21-56(64)58-42-50(37-39-66(58)70)72-61-24-9-3-18-53(61)54-19-4-10-25-62(54)72/h1-42H. The predicted octanol–water partition coefficient (Wildman–Crippen LogP) is 16.5. The summed E-state index contributed by atoms with van der Waals surface area (Å²) in [5.74, 6) is -0.292. The first-order chi connectivity index (χ1) is 36.6. The fourth-order valence-corrected chi connectivity index (χ4v) is 11.8. The fourth-order valence-electron chi connectivity index (χ4n) is 11.8. The largest absolute Gasteiger partial charge is 0.309 e. The summed E-state index contributed by atoms with van der Waals surface area (Å²) < 4.78 is 9.24. The van der Waals surface area contributed by atoms with Gasteiger partial charge in [0.15, 0.2) is 11.6 Å². The van der Waals surface area contributed by atoms with Crippen LogP contribution in [0, 0.1) is 0 Å². The predicted molar refractivity (Wildman–Crippen MR) is 304 cm³/mol. The van der Waals surface area contributed by atoms with Crippen molar-refractivity contribution in [1.29, 1.82) is 0 Å². The Morgan fingerprint density at radius 1 is 0.203 bits per heavy atom. The first-order valence-corrected chi connectivity index (χ1v) is 25.0. The van der Waals surface area contributed by atoms with E-state index in [4.69, 9.17) is 0 Å². The second-order valence-corrected chi connectivity index (χ2v) is 19.2. The maximum Gasteiger partial charge on any atom is 0.193 e. The minimum Gasteiger partial charge on any atom is -0.309 e. The fraction of sp³-hybridized carbons (Fsp3) is 0. The van der Waals surface area contributed by atoms with E-state index in [0.29, 0.717) is 22.3 Å². The Labute approximate surface area is 424 Å². The number of ketones is 2. The van der Waals surface area contributed by atoms with Crippen molar-refractivity contribution in [2.24, 2.45) is 0 Å². The van der Waals surface area contributed by atoms with Gasteiger partial charge in [-0.25, -0.2) is 0 Å². The van der Waals surface area contributed by atoms with Crippen LogP contribution in [0.5, 0.6) is 0 Å². The number of rotatable bonds is 8. The maximum atomic E-state index is 14.2. The van der Waals surface area contributed by atoms with Gasteiger partial charge in [-0.2, -0.15) is 0 Å². The molecule has 0 aliphatic heterocycles. The van der Waals surface area contributed by atoms with Gasteiger partial charge >= 0.3 is 0 Å². The number of fused-ring (bicyclic) bond motifs is 12. The molecule has 15 aromatic rings. The van der Waals surface area contributed by atoms with Crippen LogP contribution in [-0.2, 0) is 0 Å². The molecule has 0 aliphatic rings. The molecule has 0 spiro atoms. The average molecular weight is 947 g/mol. The number of nitrogens with zero attached hydrogens (tertiary/aromatic N) is 4. The van der Waals surface area contributed by atoms with Crippen LogP contribution in [0.3, 0.4) is 0 Å². The molecule has 0 atom stereocenters. The smallest absolute Gasteiger partial charge is 0.193 e. The van der Waals surface area contributed by atoms with Gasteiger partial charge in [0.05, 0.1) is 44.1 Å². The molecule has 11 aromatic carbocycles. The normalized spacial score (nSPS) is 11.9. The molecule has 0 aliphatic carbocycles. The van der Waals surface area contributed by atoms with Gasteiger partial charge in [0.1, 0.15) is 0 Å². The number of para-hydroxylation sites is 6. The van der Waals surface area contributed by atoms with Crippen molar-refractivity contribution in [1.82, 2.24) is 18.3 Å². The molecule has 0 saturated carbocycles. The zero-order chi connectivity index (χ0) is 49.0. The van der Waals surface area contributed by atoms with Gasteiger partial charge < -0.3 is 18.3 Å². The van der Waals surface area contributed by atoms with Gasteiger partial charge in [-0.3, -0.25) is 9.59 Å². The minimum atomic E-state index is -0.146. The van der Waals surface area contributed by atoms with Gasteiger partial charge in [-0.05, 0) is 127 Å². The van der Waals surface area contributed by atoms with Crippen LogP contribution >= 0.6 is 0 Å². The summed E-state index contributed by atoms with van der Waals surface area (Å²) >= 11 is 0. The Bertz CT molecular complexity index is 4400. The SMILES string of the molecule is O=C(c1ccc(-n2c3ccccc3c3cc(-n4c5ccccc5c5ccccc54)ccc32)cc1)c1cccc(C(=O)c2ccc(-n3c4ccccc4c4cc(-n5c6ccccc6c6ccccc65)ccc43)cc2)c1. The zero-order valence-corrected chi connectivity index (χ0v) is 39.9. The highest BCUT2D eigenvalue weighted by Gasteiger charge is 2.20. The average Bonchev–Trinajstić information content (AvgIpc) is 4.20. The molecule has 346 valence electrons. The van der Waals surface area contributed by atoms with Crippen molar-refractivity contribution < 1.29 is 9.59 Å². The van der Waals surface area contributed by atoms with Crippen molar-refractivity contribution in [2.45, 2.75) is 0 Å². The summed E-state index contributed by atoms with van der Waals surface area (Å²) in [7, 11) is 0. The van der Waals surface area contributed by atoms with Crippen LogP contribution in [0.1, 0.15) is 31.8 Å². The first kappa shape index (κ1) is 41.7. The van der Waals surface area contributed by atoms with Crippen LogP contribution in [-0.4, -0.2) is 29.8 Å². The van der Waals surface area contributed by atoms with Crippen LogP contribution in [0.25, 0.3) is 110 Å². The van der Waals surface area contributed by atoms with Crippen LogP contribution in [0.4, 0.5) is 0 Å². The highest BCUT2D eigenvalue weighted by atomic mass is 16.1. The number of carbonyl (C=O) groups excluding carboxylic acids is 2. The van der Waals surface area contributed by atoms with Crippen molar-refractivity contribution in [3.63, 3.8) is 0 Å². The number of aromatic nitrogens is 4. The number of carbonyl (C=O) groups is 2. The molecule has 0 saturated heterocycles. The lowest BCUT2D eigenvalue weighted by Gasteiger charge is -2.11. The van der Waals surface area contributed by atoms with E-state index in [0.717, 1.165) is 66.4 Å². The molecule has 4 heterocycles. The molecular weight excluding hydrogens is 905 g/mol. The Morgan fingerprint density at radius 2 is 0.459 bits per heavy atom. The zero-order valence-electron chi connectivity index (χ0n) is 39.9. The summed E-state index contributed by atoms with van der Waals surface area (Å²) in [6.07, 6.45) is 0. The van der Waals surface area contributed by atoms with E-state index in [1.54, 1.807) is 24.3 Å². The Kier molecular flexibility index (Phi) is 9.16. The summed E-state index contributed by atoms with van der Waals surface area (Å²) in [5.41, 5.74) is 15.1. The highest BCUT2D eigenvalue weighted by Crippen LogP contribution is 2.39. The Balaban J connectivity index is 0.721. The van der Waals surface area contributed by atoms with E-state index in [1.807, 2.05) is 48.5 Å². The lowest BCUT2D eigenvalue weighted by molar-refractivity contribution is 0.103. The lowest BCUT2D eigenvalue weighted by atomic mass is 9.97. The van der Waals surface area contributed by atoms with E-state index in [2.05, 4.69) is 200 Å². The molecule has 0 fully saturated rings. The van der Waals surface area contributed by atoms with Gasteiger partial charge in [-0.15, -0.1) is 0 Å². The van der Waals surface area contributed by atoms with E-state index in [1.165, 1.54) is 43.6 Å². The second kappa shape index (κ2) is 16.2. The number of benzene rings is 11. The third kappa shape index (κ3) is 6.25. The van der Waals surface area contributed by atoms with Crippen molar-refractivity contribution in [3.8, 4) is 22.7 Å². The third-order valence-electron chi connectivity index (χ3n) is 15.2. The molecule has 0 bridgehead atoms. The monoisotopic (exact) mass is 946 g/mol. The van der Waals surface area contributed by atoms with Crippen molar-refractivity contribution in [3.05, 3.63) is 277 Å². The Morgan fingerprint density at radius 3 is 0.784 bits per heavy atom. The molecule has 0 N–H and O–H groups in total. The van der Waals surface area contributed by atoms with E-state index < -0.39 is 0 Å². The topological polar surface area (TPSA) is 53.9 Å².